The molecule has 0 aliphatic heterocycles. The highest BCUT2D eigenvalue weighted by atomic mass is 32.2. The lowest BCUT2D eigenvalue weighted by atomic mass is 10.2. The molecule has 130 valence electrons. The van der Waals surface area contributed by atoms with Crippen molar-refractivity contribution in [2.75, 3.05) is 26.5 Å². The molecule has 0 fully saturated rings. The predicted octanol–water partition coefficient (Wildman–Crippen LogP) is 1.04. The molecule has 23 heavy (non-hydrogen) atoms. The van der Waals surface area contributed by atoms with E-state index in [1.807, 2.05) is 6.92 Å². The van der Waals surface area contributed by atoms with Gasteiger partial charge in [0.25, 0.3) is 0 Å². The number of carbonyl (C=O) groups is 1. The van der Waals surface area contributed by atoms with Crippen LogP contribution in [-0.2, 0) is 21.4 Å². The highest BCUT2D eigenvalue weighted by Gasteiger charge is 2.12. The van der Waals surface area contributed by atoms with Gasteiger partial charge in [-0.2, -0.15) is 0 Å². The second-order valence-electron chi connectivity index (χ2n) is 4.96. The van der Waals surface area contributed by atoms with Gasteiger partial charge >= 0.3 is 0 Å². The molecule has 0 atom stereocenters. The smallest absolute Gasteiger partial charge is 0.235 e. The van der Waals surface area contributed by atoms with Gasteiger partial charge in [-0.05, 0) is 24.1 Å². The standard InChI is InChI=1S/C15H24N2O5S/c1-4-5-8-23(19,20)17-11-15(18)16-10-12-6-7-13(21-2)14(9-12)22-3/h6-7,9,17H,4-5,8,10-11H2,1-3H3,(H,16,18). The minimum atomic E-state index is -3.39. The minimum Gasteiger partial charge on any atom is -0.493 e. The second-order valence-corrected chi connectivity index (χ2v) is 6.89. The third-order valence-corrected chi connectivity index (χ3v) is 4.57. The summed E-state index contributed by atoms with van der Waals surface area (Å²) in [7, 11) is -0.310. The van der Waals surface area contributed by atoms with Crippen LogP contribution in [0.15, 0.2) is 18.2 Å². The SMILES string of the molecule is CCCCS(=O)(=O)NCC(=O)NCc1ccc(OC)c(OC)c1. The Morgan fingerprint density at radius 3 is 2.48 bits per heavy atom. The Balaban J connectivity index is 2.47. The van der Waals surface area contributed by atoms with Crippen LogP contribution < -0.4 is 19.5 Å². The maximum absolute atomic E-state index is 11.7. The van der Waals surface area contributed by atoms with E-state index < -0.39 is 10.0 Å². The van der Waals surface area contributed by atoms with Crippen molar-refractivity contribution in [2.45, 2.75) is 26.3 Å². The molecule has 0 aliphatic carbocycles. The fourth-order valence-electron chi connectivity index (χ4n) is 1.84. The molecule has 8 heteroatoms. The largest absolute Gasteiger partial charge is 0.493 e. The first-order valence-electron chi connectivity index (χ1n) is 7.36. The van der Waals surface area contributed by atoms with E-state index >= 15 is 0 Å². The zero-order valence-corrected chi connectivity index (χ0v) is 14.5. The molecule has 1 aromatic rings. The number of amides is 1. The molecule has 0 unspecified atom stereocenters. The van der Waals surface area contributed by atoms with Gasteiger partial charge in [-0.25, -0.2) is 13.1 Å². The van der Waals surface area contributed by atoms with Gasteiger partial charge in [-0.15, -0.1) is 0 Å². The van der Waals surface area contributed by atoms with E-state index in [0.717, 1.165) is 12.0 Å². The molecule has 1 aromatic carbocycles. The van der Waals surface area contributed by atoms with Crippen molar-refractivity contribution in [3.05, 3.63) is 23.8 Å². The summed E-state index contributed by atoms with van der Waals surface area (Å²) in [5, 5.41) is 2.65. The van der Waals surface area contributed by atoms with E-state index in [2.05, 4.69) is 10.0 Å². The first-order valence-corrected chi connectivity index (χ1v) is 9.02. The van der Waals surface area contributed by atoms with Crippen LogP contribution in [0.4, 0.5) is 0 Å². The molecule has 0 aliphatic rings. The van der Waals surface area contributed by atoms with Crippen LogP contribution in [0.3, 0.4) is 0 Å². The lowest BCUT2D eigenvalue weighted by molar-refractivity contribution is -0.120. The molecule has 0 heterocycles. The molecule has 0 bridgehead atoms. The highest BCUT2D eigenvalue weighted by molar-refractivity contribution is 7.89. The first-order chi connectivity index (χ1) is 10.9. The van der Waals surface area contributed by atoms with Crippen molar-refractivity contribution in [1.82, 2.24) is 10.0 Å². The van der Waals surface area contributed by atoms with Gasteiger partial charge in [0.15, 0.2) is 11.5 Å². The summed E-state index contributed by atoms with van der Waals surface area (Å²) in [5.74, 6) is 0.817. The zero-order valence-electron chi connectivity index (χ0n) is 13.7. The van der Waals surface area contributed by atoms with E-state index in [9.17, 15) is 13.2 Å². The highest BCUT2D eigenvalue weighted by Crippen LogP contribution is 2.27. The van der Waals surface area contributed by atoms with E-state index in [0.29, 0.717) is 17.9 Å². The molecule has 0 aromatic heterocycles. The fourth-order valence-corrected chi connectivity index (χ4v) is 3.00. The number of nitrogens with one attached hydrogen (secondary N) is 2. The van der Waals surface area contributed by atoms with Crippen LogP contribution in [0.5, 0.6) is 11.5 Å². The Hall–Kier alpha value is -1.80. The van der Waals surface area contributed by atoms with Crippen molar-refractivity contribution in [3.8, 4) is 11.5 Å². The van der Waals surface area contributed by atoms with E-state index in [1.165, 1.54) is 7.11 Å². The topological polar surface area (TPSA) is 93.7 Å². The van der Waals surface area contributed by atoms with Crippen LogP contribution in [0.2, 0.25) is 0 Å². The summed E-state index contributed by atoms with van der Waals surface area (Å²) in [4.78, 5) is 11.7. The van der Waals surface area contributed by atoms with Gasteiger partial charge in [0.05, 0.1) is 26.5 Å². The molecule has 2 N–H and O–H groups in total. The van der Waals surface area contributed by atoms with Gasteiger partial charge in [-0.3, -0.25) is 4.79 Å². The Labute approximate surface area is 137 Å². The summed E-state index contributed by atoms with van der Waals surface area (Å²) in [6.45, 7) is 1.92. The monoisotopic (exact) mass is 344 g/mol. The van der Waals surface area contributed by atoms with Crippen molar-refractivity contribution in [2.24, 2.45) is 0 Å². The third kappa shape index (κ3) is 6.87. The normalized spacial score (nSPS) is 11.1. The van der Waals surface area contributed by atoms with Crippen LogP contribution in [0.25, 0.3) is 0 Å². The number of methoxy groups -OCH3 is 2. The molecule has 0 radical (unpaired) electrons. The molecule has 1 rings (SSSR count). The van der Waals surface area contributed by atoms with Crippen LogP contribution in [-0.4, -0.2) is 40.8 Å². The van der Waals surface area contributed by atoms with Gasteiger partial charge in [0.1, 0.15) is 0 Å². The molecular weight excluding hydrogens is 320 g/mol. The first kappa shape index (κ1) is 19.2. The summed E-state index contributed by atoms with van der Waals surface area (Å²) >= 11 is 0. The number of rotatable bonds is 10. The number of ether oxygens (including phenoxy) is 2. The molecule has 0 saturated heterocycles. The Kier molecular flexibility index (Phi) is 7.84. The summed E-state index contributed by atoms with van der Waals surface area (Å²) < 4.78 is 35.8. The van der Waals surface area contributed by atoms with Gasteiger partial charge < -0.3 is 14.8 Å². The molecular formula is C15H24N2O5S. The molecule has 0 spiro atoms. The second kappa shape index (κ2) is 9.36. The number of sulfonamides is 1. The predicted molar refractivity (Wildman–Crippen MR) is 88.1 cm³/mol. The summed E-state index contributed by atoms with van der Waals surface area (Å²) in [6, 6.07) is 5.30. The molecule has 1 amide bonds. The number of benzene rings is 1. The number of hydrogen-bond donors (Lipinski definition) is 2. The number of hydrogen-bond acceptors (Lipinski definition) is 5. The van der Waals surface area contributed by atoms with Crippen molar-refractivity contribution in [3.63, 3.8) is 0 Å². The van der Waals surface area contributed by atoms with Crippen LogP contribution >= 0.6 is 0 Å². The minimum absolute atomic E-state index is 0.0342. The van der Waals surface area contributed by atoms with E-state index in [-0.39, 0.29) is 24.7 Å². The van der Waals surface area contributed by atoms with Crippen molar-refractivity contribution in [1.29, 1.82) is 0 Å². The average Bonchev–Trinajstić information content (AvgIpc) is 2.56. The van der Waals surface area contributed by atoms with Crippen molar-refractivity contribution < 1.29 is 22.7 Å². The Morgan fingerprint density at radius 2 is 1.87 bits per heavy atom. The third-order valence-electron chi connectivity index (χ3n) is 3.16. The summed E-state index contributed by atoms with van der Waals surface area (Å²) in [5.41, 5.74) is 0.824. The van der Waals surface area contributed by atoms with Gasteiger partial charge in [0.2, 0.25) is 15.9 Å². The van der Waals surface area contributed by atoms with Crippen LogP contribution in [0, 0.1) is 0 Å². The maximum atomic E-state index is 11.7. The van der Waals surface area contributed by atoms with E-state index in [4.69, 9.17) is 9.47 Å². The lowest BCUT2D eigenvalue weighted by Gasteiger charge is -2.11. The number of unbranched alkanes of at least 4 members (excludes halogenated alkanes) is 1. The molecule has 7 nitrogen and oxygen atoms in total. The fraction of sp³-hybridized carbons (Fsp3) is 0.533. The average molecular weight is 344 g/mol. The molecule has 0 saturated carbocycles. The Bertz CT molecular complexity index is 616. The number of carbonyl (C=O) groups excluding carboxylic acids is 1. The zero-order chi connectivity index (χ0) is 17.3. The maximum Gasteiger partial charge on any atom is 0.235 e. The van der Waals surface area contributed by atoms with Crippen molar-refractivity contribution >= 4 is 15.9 Å². The van der Waals surface area contributed by atoms with E-state index in [1.54, 1.807) is 25.3 Å². The van der Waals surface area contributed by atoms with Crippen LogP contribution in [0.1, 0.15) is 25.3 Å². The lowest BCUT2D eigenvalue weighted by Crippen LogP contribution is -2.37. The summed E-state index contributed by atoms with van der Waals surface area (Å²) in [6.07, 6.45) is 1.36. The van der Waals surface area contributed by atoms with Gasteiger partial charge in [-0.1, -0.05) is 19.4 Å². The quantitative estimate of drug-likeness (QED) is 0.661. The van der Waals surface area contributed by atoms with Gasteiger partial charge in [0, 0.05) is 6.54 Å². The Morgan fingerprint density at radius 1 is 1.17 bits per heavy atom.